The third kappa shape index (κ3) is 1.61. The molecule has 1 aromatic rings. The first-order valence-electron chi connectivity index (χ1n) is 4.38. The van der Waals surface area contributed by atoms with Crippen LogP contribution in [0.5, 0.6) is 11.5 Å². The number of hydrogen-bond donors (Lipinski definition) is 2. The highest BCUT2D eigenvalue weighted by molar-refractivity contribution is 8.00. The fourth-order valence-corrected chi connectivity index (χ4v) is 2.70. The fourth-order valence-electron chi connectivity index (χ4n) is 1.54. The summed E-state index contributed by atoms with van der Waals surface area (Å²) in [5, 5.41) is 19.2. The summed E-state index contributed by atoms with van der Waals surface area (Å²) in [6.45, 7) is 2.18. The molecule has 0 bridgehead atoms. The Bertz CT molecular complexity index is 336. The Balaban J connectivity index is 2.43. The summed E-state index contributed by atoms with van der Waals surface area (Å²) in [5.41, 5.74) is 1.15. The molecule has 0 aromatic heterocycles. The molecule has 1 aliphatic heterocycles. The number of thioether (sulfide) groups is 1. The Morgan fingerprint density at radius 1 is 1.31 bits per heavy atom. The zero-order valence-corrected chi connectivity index (χ0v) is 8.27. The van der Waals surface area contributed by atoms with E-state index in [1.165, 1.54) is 0 Å². The number of aryl methyl sites for hydroxylation is 1. The molecule has 1 atom stereocenters. The van der Waals surface area contributed by atoms with E-state index in [9.17, 15) is 10.2 Å². The van der Waals surface area contributed by atoms with E-state index >= 15 is 0 Å². The van der Waals surface area contributed by atoms with Crippen molar-refractivity contribution in [3.63, 3.8) is 0 Å². The van der Waals surface area contributed by atoms with Gasteiger partial charge in [-0.3, -0.25) is 0 Å². The number of hydrogen-bond acceptors (Lipinski definition) is 3. The summed E-state index contributed by atoms with van der Waals surface area (Å²) < 4.78 is 0. The maximum Gasteiger partial charge on any atom is 0.158 e. The zero-order chi connectivity index (χ0) is 9.42. The van der Waals surface area contributed by atoms with E-state index < -0.39 is 0 Å². The van der Waals surface area contributed by atoms with Crippen molar-refractivity contribution in [2.45, 2.75) is 29.9 Å². The summed E-state index contributed by atoms with van der Waals surface area (Å²) in [5.74, 6) is -0.0192. The third-order valence-corrected chi connectivity index (χ3v) is 3.58. The largest absolute Gasteiger partial charge is 0.504 e. The van der Waals surface area contributed by atoms with Crippen molar-refractivity contribution >= 4 is 11.8 Å². The topological polar surface area (TPSA) is 40.5 Å². The summed E-state index contributed by atoms with van der Waals surface area (Å²) in [6, 6.07) is 3.33. The summed E-state index contributed by atoms with van der Waals surface area (Å²) in [6.07, 6.45) is 2.14. The predicted octanol–water partition coefficient (Wildman–Crippen LogP) is 2.52. The van der Waals surface area contributed by atoms with Crippen LogP contribution in [0.1, 0.15) is 18.9 Å². The molecule has 70 valence electrons. The highest BCUT2D eigenvalue weighted by Crippen LogP contribution is 2.40. The van der Waals surface area contributed by atoms with Crippen LogP contribution in [-0.2, 0) is 6.42 Å². The first-order valence-corrected chi connectivity index (χ1v) is 5.26. The van der Waals surface area contributed by atoms with E-state index in [1.54, 1.807) is 23.9 Å². The Morgan fingerprint density at radius 3 is 2.77 bits per heavy atom. The van der Waals surface area contributed by atoms with Gasteiger partial charge in [-0.2, -0.15) is 0 Å². The second-order valence-corrected chi connectivity index (χ2v) is 4.90. The van der Waals surface area contributed by atoms with Crippen LogP contribution in [0.2, 0.25) is 0 Å². The van der Waals surface area contributed by atoms with Crippen LogP contribution >= 0.6 is 11.8 Å². The molecule has 1 aliphatic rings. The van der Waals surface area contributed by atoms with Gasteiger partial charge in [-0.05, 0) is 30.5 Å². The van der Waals surface area contributed by atoms with Gasteiger partial charge in [-0.1, -0.05) is 6.92 Å². The zero-order valence-electron chi connectivity index (χ0n) is 7.45. The third-order valence-electron chi connectivity index (χ3n) is 2.31. The SMILES string of the molecule is CC1CCc2cc(O)c(O)cc2S1. The first-order chi connectivity index (χ1) is 6.16. The van der Waals surface area contributed by atoms with Gasteiger partial charge in [0, 0.05) is 10.1 Å². The maximum absolute atomic E-state index is 9.30. The van der Waals surface area contributed by atoms with Gasteiger partial charge in [0.15, 0.2) is 11.5 Å². The van der Waals surface area contributed by atoms with Gasteiger partial charge in [0.1, 0.15) is 0 Å². The molecule has 3 heteroatoms. The number of rotatable bonds is 0. The van der Waals surface area contributed by atoms with Crippen molar-refractivity contribution in [2.24, 2.45) is 0 Å². The van der Waals surface area contributed by atoms with Crippen molar-refractivity contribution in [1.82, 2.24) is 0 Å². The van der Waals surface area contributed by atoms with Gasteiger partial charge < -0.3 is 10.2 Å². The van der Waals surface area contributed by atoms with E-state index in [-0.39, 0.29) is 11.5 Å². The van der Waals surface area contributed by atoms with Crippen molar-refractivity contribution in [3.8, 4) is 11.5 Å². The molecule has 0 aliphatic carbocycles. The predicted molar refractivity (Wildman–Crippen MR) is 53.4 cm³/mol. The lowest BCUT2D eigenvalue weighted by molar-refractivity contribution is 0.401. The molecule has 0 amide bonds. The van der Waals surface area contributed by atoms with Gasteiger partial charge >= 0.3 is 0 Å². The lowest BCUT2D eigenvalue weighted by atomic mass is 10.1. The average molecular weight is 196 g/mol. The number of phenols is 2. The summed E-state index contributed by atoms with van der Waals surface area (Å²) in [7, 11) is 0. The highest BCUT2D eigenvalue weighted by atomic mass is 32.2. The fraction of sp³-hybridized carbons (Fsp3) is 0.400. The monoisotopic (exact) mass is 196 g/mol. The minimum Gasteiger partial charge on any atom is -0.504 e. The molecule has 0 spiro atoms. The summed E-state index contributed by atoms with van der Waals surface area (Å²) in [4.78, 5) is 1.11. The highest BCUT2D eigenvalue weighted by Gasteiger charge is 2.17. The second-order valence-electron chi connectivity index (χ2n) is 3.42. The Hall–Kier alpha value is -0.830. The molecule has 0 fully saturated rings. The van der Waals surface area contributed by atoms with E-state index in [1.807, 2.05) is 0 Å². The maximum atomic E-state index is 9.30. The number of aromatic hydroxyl groups is 2. The smallest absolute Gasteiger partial charge is 0.158 e. The van der Waals surface area contributed by atoms with Gasteiger partial charge in [0.2, 0.25) is 0 Å². The van der Waals surface area contributed by atoms with Gasteiger partial charge in [-0.15, -0.1) is 11.8 Å². The molecule has 2 N–H and O–H groups in total. The molecular formula is C10H12O2S. The van der Waals surface area contributed by atoms with Crippen LogP contribution in [0.4, 0.5) is 0 Å². The molecule has 0 radical (unpaired) electrons. The average Bonchev–Trinajstić information content (AvgIpc) is 2.08. The standard InChI is InChI=1S/C10H12O2S/c1-6-2-3-7-4-8(11)9(12)5-10(7)13-6/h4-6,11-12H,2-3H2,1H3. The molecule has 2 rings (SSSR count). The lowest BCUT2D eigenvalue weighted by Gasteiger charge is -2.21. The van der Waals surface area contributed by atoms with Crippen LogP contribution < -0.4 is 0 Å². The molecule has 0 saturated carbocycles. The molecule has 1 aromatic carbocycles. The van der Waals surface area contributed by atoms with Crippen LogP contribution in [0.15, 0.2) is 17.0 Å². The van der Waals surface area contributed by atoms with Gasteiger partial charge in [0.25, 0.3) is 0 Å². The molecule has 1 heterocycles. The molecule has 2 nitrogen and oxygen atoms in total. The minimum atomic E-state index is -0.0136. The van der Waals surface area contributed by atoms with Crippen LogP contribution in [0.25, 0.3) is 0 Å². The van der Waals surface area contributed by atoms with Crippen molar-refractivity contribution < 1.29 is 10.2 Å². The van der Waals surface area contributed by atoms with E-state index in [2.05, 4.69) is 6.92 Å². The van der Waals surface area contributed by atoms with Crippen molar-refractivity contribution in [3.05, 3.63) is 17.7 Å². The minimum absolute atomic E-state index is 0.00565. The van der Waals surface area contributed by atoms with E-state index in [0.29, 0.717) is 5.25 Å². The molecule has 1 unspecified atom stereocenters. The number of phenolic OH excluding ortho intramolecular Hbond substituents is 2. The summed E-state index contributed by atoms with van der Waals surface area (Å²) >= 11 is 1.76. The number of benzene rings is 1. The van der Waals surface area contributed by atoms with Crippen molar-refractivity contribution in [2.75, 3.05) is 0 Å². The van der Waals surface area contributed by atoms with E-state index in [0.717, 1.165) is 23.3 Å². The van der Waals surface area contributed by atoms with Crippen LogP contribution in [-0.4, -0.2) is 15.5 Å². The Labute approximate surface area is 81.6 Å². The lowest BCUT2D eigenvalue weighted by Crippen LogP contribution is -2.06. The molecule has 13 heavy (non-hydrogen) atoms. The Morgan fingerprint density at radius 2 is 2.00 bits per heavy atom. The normalized spacial score (nSPS) is 21.2. The van der Waals surface area contributed by atoms with Gasteiger partial charge in [-0.25, -0.2) is 0 Å². The first kappa shape index (κ1) is 8.75. The van der Waals surface area contributed by atoms with Crippen LogP contribution in [0, 0.1) is 0 Å². The Kier molecular flexibility index (Phi) is 2.12. The van der Waals surface area contributed by atoms with E-state index in [4.69, 9.17) is 0 Å². The number of fused-ring (bicyclic) bond motifs is 1. The van der Waals surface area contributed by atoms with Crippen molar-refractivity contribution in [1.29, 1.82) is 0 Å². The van der Waals surface area contributed by atoms with Gasteiger partial charge in [0.05, 0.1) is 0 Å². The second kappa shape index (κ2) is 3.14. The molecule has 0 saturated heterocycles. The molecular weight excluding hydrogens is 184 g/mol. The van der Waals surface area contributed by atoms with Crippen LogP contribution in [0.3, 0.4) is 0 Å². The quantitative estimate of drug-likeness (QED) is 0.626.